The van der Waals surface area contributed by atoms with Crippen molar-refractivity contribution < 1.29 is 0 Å². The lowest BCUT2D eigenvalue weighted by molar-refractivity contribution is 0.352. The summed E-state index contributed by atoms with van der Waals surface area (Å²) in [7, 11) is 0. The molecule has 100 valence electrons. The van der Waals surface area contributed by atoms with Crippen molar-refractivity contribution in [2.75, 3.05) is 24.5 Å². The Morgan fingerprint density at radius 3 is 2.95 bits per heavy atom. The Balaban J connectivity index is 1.87. The number of H-pyrrole nitrogens is 1. The van der Waals surface area contributed by atoms with E-state index in [4.69, 9.17) is 0 Å². The number of hydrogen-bond acceptors (Lipinski definition) is 6. The number of hydrogen-bond donors (Lipinski definition) is 2. The summed E-state index contributed by atoms with van der Waals surface area (Å²) >= 11 is 0. The summed E-state index contributed by atoms with van der Waals surface area (Å²) in [6.07, 6.45) is 0. The molecule has 2 aromatic heterocycles. The smallest absolute Gasteiger partial charge is 0.198 e. The van der Waals surface area contributed by atoms with E-state index < -0.39 is 0 Å². The van der Waals surface area contributed by atoms with Crippen LogP contribution in [0.5, 0.6) is 0 Å². The number of rotatable bonds is 2. The average Bonchev–Trinajstić information content (AvgIpc) is 2.92. The van der Waals surface area contributed by atoms with Gasteiger partial charge < -0.3 is 10.2 Å². The highest BCUT2D eigenvalue weighted by atomic mass is 15.5. The molecule has 0 amide bonds. The van der Waals surface area contributed by atoms with E-state index in [0.29, 0.717) is 5.82 Å². The van der Waals surface area contributed by atoms with Gasteiger partial charge in [-0.3, -0.25) is 0 Å². The minimum atomic E-state index is 0.101. The van der Waals surface area contributed by atoms with Crippen molar-refractivity contribution in [3.05, 3.63) is 18.2 Å². The summed E-state index contributed by atoms with van der Waals surface area (Å²) in [6.45, 7) is 7.24. The first-order valence-corrected chi connectivity index (χ1v) is 6.35. The number of tetrazole rings is 1. The van der Waals surface area contributed by atoms with Gasteiger partial charge in [-0.2, -0.15) is 0 Å². The number of anilines is 1. The Morgan fingerprint density at radius 2 is 2.21 bits per heavy atom. The third-order valence-electron chi connectivity index (χ3n) is 3.22. The van der Waals surface area contributed by atoms with E-state index in [9.17, 15) is 0 Å². The van der Waals surface area contributed by atoms with Gasteiger partial charge in [-0.25, -0.2) is 10.1 Å². The van der Waals surface area contributed by atoms with Crippen LogP contribution in [0.1, 0.15) is 13.8 Å². The van der Waals surface area contributed by atoms with Gasteiger partial charge in [0, 0.05) is 25.2 Å². The maximum Gasteiger partial charge on any atom is 0.198 e. The van der Waals surface area contributed by atoms with E-state index in [1.807, 2.05) is 18.2 Å². The molecule has 0 bridgehead atoms. The second kappa shape index (κ2) is 4.58. The van der Waals surface area contributed by atoms with Crippen LogP contribution in [0, 0.1) is 0 Å². The van der Waals surface area contributed by atoms with Gasteiger partial charge >= 0.3 is 0 Å². The van der Waals surface area contributed by atoms with Gasteiger partial charge in [0.2, 0.25) is 0 Å². The average molecular weight is 259 g/mol. The molecule has 1 saturated heterocycles. The molecule has 0 spiro atoms. The predicted molar refractivity (Wildman–Crippen MR) is 71.7 cm³/mol. The maximum atomic E-state index is 4.63. The van der Waals surface area contributed by atoms with Crippen LogP contribution in [-0.2, 0) is 0 Å². The van der Waals surface area contributed by atoms with Crippen molar-refractivity contribution in [3.63, 3.8) is 0 Å². The summed E-state index contributed by atoms with van der Waals surface area (Å²) in [6, 6.07) is 5.91. The fourth-order valence-electron chi connectivity index (χ4n) is 2.34. The Labute approximate surface area is 111 Å². The van der Waals surface area contributed by atoms with Gasteiger partial charge in [0.25, 0.3) is 0 Å². The van der Waals surface area contributed by atoms with E-state index in [0.717, 1.165) is 31.1 Å². The maximum absolute atomic E-state index is 4.63. The first-order chi connectivity index (χ1) is 9.14. The quantitative estimate of drug-likeness (QED) is 0.815. The van der Waals surface area contributed by atoms with Crippen molar-refractivity contribution >= 4 is 5.82 Å². The minimum Gasteiger partial charge on any atom is -0.353 e. The Morgan fingerprint density at radius 1 is 1.32 bits per heavy atom. The molecule has 0 aromatic carbocycles. The lowest BCUT2D eigenvalue weighted by Crippen LogP contribution is -2.57. The molecule has 3 rings (SSSR count). The molecule has 1 fully saturated rings. The highest BCUT2D eigenvalue weighted by Crippen LogP contribution is 2.20. The van der Waals surface area contributed by atoms with Gasteiger partial charge in [-0.15, -0.1) is 5.10 Å². The van der Waals surface area contributed by atoms with Gasteiger partial charge in [0.05, 0.1) is 0 Å². The monoisotopic (exact) mass is 259 g/mol. The zero-order valence-corrected chi connectivity index (χ0v) is 11.1. The summed E-state index contributed by atoms with van der Waals surface area (Å²) < 4.78 is 0. The van der Waals surface area contributed by atoms with Crippen LogP contribution in [0.4, 0.5) is 5.82 Å². The Bertz CT molecular complexity index is 549. The van der Waals surface area contributed by atoms with Crippen LogP contribution >= 0.6 is 0 Å². The zero-order chi connectivity index (χ0) is 13.3. The van der Waals surface area contributed by atoms with Crippen molar-refractivity contribution in [2.24, 2.45) is 0 Å². The molecule has 1 aliphatic heterocycles. The lowest BCUT2D eigenvalue weighted by Gasteiger charge is -2.39. The van der Waals surface area contributed by atoms with Crippen molar-refractivity contribution in [1.29, 1.82) is 0 Å². The molecule has 0 radical (unpaired) electrons. The SMILES string of the molecule is CC1(C)CN(c2cccc(-c3nnn[nH]3)n2)CCN1. The molecule has 7 nitrogen and oxygen atoms in total. The number of nitrogens with one attached hydrogen (secondary N) is 2. The fraction of sp³-hybridized carbons (Fsp3) is 0.500. The molecular formula is C12H17N7. The number of nitrogens with zero attached hydrogens (tertiary/aromatic N) is 5. The molecular weight excluding hydrogens is 242 g/mol. The van der Waals surface area contributed by atoms with Crippen LogP contribution in [-0.4, -0.2) is 50.8 Å². The molecule has 19 heavy (non-hydrogen) atoms. The normalized spacial score (nSPS) is 18.5. The second-order valence-electron chi connectivity index (χ2n) is 5.36. The summed E-state index contributed by atoms with van der Waals surface area (Å²) in [5, 5.41) is 17.3. The van der Waals surface area contributed by atoms with Crippen molar-refractivity contribution in [3.8, 4) is 11.5 Å². The number of aromatic nitrogens is 5. The molecule has 0 atom stereocenters. The van der Waals surface area contributed by atoms with Crippen LogP contribution in [0.2, 0.25) is 0 Å². The predicted octanol–water partition coefficient (Wildman–Crippen LogP) is 0.450. The van der Waals surface area contributed by atoms with E-state index in [1.54, 1.807) is 0 Å². The van der Waals surface area contributed by atoms with Crippen LogP contribution < -0.4 is 10.2 Å². The van der Waals surface area contributed by atoms with Crippen LogP contribution in [0.15, 0.2) is 18.2 Å². The van der Waals surface area contributed by atoms with E-state index in [2.05, 4.69) is 49.7 Å². The molecule has 2 aromatic rings. The molecule has 0 unspecified atom stereocenters. The molecule has 0 saturated carbocycles. The summed E-state index contributed by atoms with van der Waals surface area (Å²) in [4.78, 5) is 6.91. The molecule has 7 heteroatoms. The van der Waals surface area contributed by atoms with E-state index in [1.165, 1.54) is 0 Å². The third kappa shape index (κ3) is 2.55. The second-order valence-corrected chi connectivity index (χ2v) is 5.36. The summed E-state index contributed by atoms with van der Waals surface area (Å²) in [5.41, 5.74) is 0.864. The lowest BCUT2D eigenvalue weighted by atomic mass is 10.0. The minimum absolute atomic E-state index is 0.101. The van der Waals surface area contributed by atoms with Crippen LogP contribution in [0.25, 0.3) is 11.5 Å². The molecule has 1 aliphatic rings. The van der Waals surface area contributed by atoms with Gasteiger partial charge in [0.1, 0.15) is 11.5 Å². The van der Waals surface area contributed by atoms with Gasteiger partial charge in [-0.1, -0.05) is 6.07 Å². The van der Waals surface area contributed by atoms with E-state index >= 15 is 0 Å². The van der Waals surface area contributed by atoms with E-state index in [-0.39, 0.29) is 5.54 Å². The Hall–Kier alpha value is -2.02. The highest BCUT2D eigenvalue weighted by molar-refractivity contribution is 5.53. The van der Waals surface area contributed by atoms with Crippen LogP contribution in [0.3, 0.4) is 0 Å². The fourth-order valence-corrected chi connectivity index (χ4v) is 2.34. The topological polar surface area (TPSA) is 82.6 Å². The Kier molecular flexibility index (Phi) is 2.90. The third-order valence-corrected chi connectivity index (χ3v) is 3.22. The molecule has 3 heterocycles. The number of piperazine rings is 1. The van der Waals surface area contributed by atoms with Crippen molar-refractivity contribution in [2.45, 2.75) is 19.4 Å². The molecule has 0 aliphatic carbocycles. The number of pyridine rings is 1. The largest absolute Gasteiger partial charge is 0.353 e. The first kappa shape index (κ1) is 12.0. The summed E-state index contributed by atoms with van der Waals surface area (Å²) in [5.74, 6) is 1.56. The standard InChI is InChI=1S/C12H17N7/c1-12(2)8-19(7-6-13-12)10-5-3-4-9(14-10)11-15-17-18-16-11/h3-5,13H,6-8H2,1-2H3,(H,15,16,17,18). The first-order valence-electron chi connectivity index (χ1n) is 6.35. The number of aromatic amines is 1. The van der Waals surface area contributed by atoms with Crippen molar-refractivity contribution in [1.82, 2.24) is 30.9 Å². The highest BCUT2D eigenvalue weighted by Gasteiger charge is 2.26. The van der Waals surface area contributed by atoms with Gasteiger partial charge in [-0.05, 0) is 36.4 Å². The zero-order valence-electron chi connectivity index (χ0n) is 11.1. The molecule has 2 N–H and O–H groups in total. The van der Waals surface area contributed by atoms with Gasteiger partial charge in [0.15, 0.2) is 5.82 Å².